The third-order valence-corrected chi connectivity index (χ3v) is 7.68. The minimum Gasteiger partial charge on any atom is -0.497 e. The molecule has 0 N–H and O–H groups in total. The second kappa shape index (κ2) is 9.42. The zero-order chi connectivity index (χ0) is 20.1. The van der Waals surface area contributed by atoms with Crippen molar-refractivity contribution in [2.45, 2.75) is 33.4 Å². The number of hydrogen-bond donors (Lipinski definition) is 0. The van der Waals surface area contributed by atoms with Gasteiger partial charge in [-0.05, 0) is 42.0 Å². The average molecular weight is 422 g/mol. The van der Waals surface area contributed by atoms with Gasteiger partial charge in [0.05, 0.1) is 17.7 Å². The van der Waals surface area contributed by atoms with Gasteiger partial charge in [0.2, 0.25) is 5.91 Å². The zero-order valence-electron chi connectivity index (χ0n) is 16.2. The minimum absolute atomic E-state index is 0.194. The normalized spacial score (nSPS) is 16.0. The fourth-order valence-electron chi connectivity index (χ4n) is 3.30. The summed E-state index contributed by atoms with van der Waals surface area (Å²) in [5, 5.41) is 0. The van der Waals surface area contributed by atoms with E-state index in [1.54, 1.807) is 7.11 Å². The SMILES string of the molecule is COc1ccc(CN2C(=O)C[C@H]2C(Sc2ccccc2)Sc2ccccc2)cc1. The van der Waals surface area contributed by atoms with Crippen LogP contribution in [0.15, 0.2) is 94.7 Å². The number of methoxy groups -OCH3 is 1. The standard InChI is InChI=1S/C24H23NO2S2/c1-27-19-14-12-18(13-15-19)17-25-22(16-23(25)26)24(28-20-8-4-2-5-9-20)29-21-10-6-3-7-11-21/h2-15,22,24H,16-17H2,1H3/t22-/m0/s1. The Kier molecular flexibility index (Phi) is 6.47. The van der Waals surface area contributed by atoms with Crippen molar-refractivity contribution in [3.8, 4) is 5.75 Å². The summed E-state index contributed by atoms with van der Waals surface area (Å²) in [6.45, 7) is 0.634. The molecule has 0 saturated carbocycles. The summed E-state index contributed by atoms with van der Waals surface area (Å²) in [5.74, 6) is 1.05. The summed E-state index contributed by atoms with van der Waals surface area (Å²) < 4.78 is 5.47. The maximum absolute atomic E-state index is 12.5. The van der Waals surface area contributed by atoms with Crippen LogP contribution in [0.1, 0.15) is 12.0 Å². The van der Waals surface area contributed by atoms with Crippen molar-refractivity contribution in [3.05, 3.63) is 90.5 Å². The first-order chi connectivity index (χ1) is 14.2. The maximum atomic E-state index is 12.5. The summed E-state index contributed by atoms with van der Waals surface area (Å²) in [6.07, 6.45) is 0.598. The predicted molar refractivity (Wildman–Crippen MR) is 120 cm³/mol. The summed E-state index contributed by atoms with van der Waals surface area (Å²) >= 11 is 3.68. The molecule has 1 aliphatic rings. The van der Waals surface area contributed by atoms with Crippen molar-refractivity contribution in [1.82, 2.24) is 4.90 Å². The number of likely N-dealkylation sites (tertiary alicyclic amines) is 1. The van der Waals surface area contributed by atoms with E-state index < -0.39 is 0 Å². The fourth-order valence-corrected chi connectivity index (χ4v) is 6.13. The molecule has 1 amide bonds. The molecule has 0 aliphatic carbocycles. The lowest BCUT2D eigenvalue weighted by Gasteiger charge is -2.44. The number of hydrogen-bond acceptors (Lipinski definition) is 4. The highest BCUT2D eigenvalue weighted by Crippen LogP contribution is 2.43. The Labute approximate surface area is 180 Å². The van der Waals surface area contributed by atoms with Gasteiger partial charge in [-0.25, -0.2) is 0 Å². The van der Waals surface area contributed by atoms with Gasteiger partial charge < -0.3 is 9.64 Å². The second-order valence-electron chi connectivity index (χ2n) is 6.87. The van der Waals surface area contributed by atoms with Crippen LogP contribution in [-0.4, -0.2) is 28.5 Å². The summed E-state index contributed by atoms with van der Waals surface area (Å²) in [7, 11) is 1.66. The zero-order valence-corrected chi connectivity index (χ0v) is 17.9. The monoisotopic (exact) mass is 421 g/mol. The highest BCUT2D eigenvalue weighted by Gasteiger charge is 2.42. The number of benzene rings is 3. The molecule has 1 fully saturated rings. The predicted octanol–water partition coefficient (Wildman–Crippen LogP) is 5.71. The van der Waals surface area contributed by atoms with E-state index in [4.69, 9.17) is 4.74 Å². The van der Waals surface area contributed by atoms with E-state index in [9.17, 15) is 4.79 Å². The molecule has 0 unspecified atom stereocenters. The third kappa shape index (κ3) is 4.98. The molecule has 148 valence electrons. The average Bonchev–Trinajstić information content (AvgIpc) is 2.77. The van der Waals surface area contributed by atoms with Crippen molar-refractivity contribution in [1.29, 1.82) is 0 Å². The van der Waals surface area contributed by atoms with E-state index in [1.165, 1.54) is 9.79 Å². The van der Waals surface area contributed by atoms with Gasteiger partial charge in [0.1, 0.15) is 5.75 Å². The molecule has 1 heterocycles. The first kappa shape index (κ1) is 19.9. The first-order valence-electron chi connectivity index (χ1n) is 9.59. The number of carbonyl (C=O) groups is 1. The van der Waals surface area contributed by atoms with Crippen LogP contribution in [0.25, 0.3) is 0 Å². The minimum atomic E-state index is 0.194. The summed E-state index contributed by atoms with van der Waals surface area (Å²) in [4.78, 5) is 16.9. The molecule has 1 atom stereocenters. The molecule has 0 radical (unpaired) electrons. The number of carbonyl (C=O) groups excluding carboxylic acids is 1. The van der Waals surface area contributed by atoms with Crippen LogP contribution in [0.2, 0.25) is 0 Å². The third-order valence-electron chi connectivity index (χ3n) is 4.92. The molecule has 29 heavy (non-hydrogen) atoms. The quantitative estimate of drug-likeness (QED) is 0.265. The van der Waals surface area contributed by atoms with Crippen LogP contribution in [0.3, 0.4) is 0 Å². The molecular weight excluding hydrogens is 398 g/mol. The van der Waals surface area contributed by atoms with E-state index in [0.717, 1.165) is 11.3 Å². The summed E-state index contributed by atoms with van der Waals surface area (Å²) in [6, 6.07) is 29.0. The molecule has 4 rings (SSSR count). The molecule has 1 saturated heterocycles. The van der Waals surface area contributed by atoms with Gasteiger partial charge in [-0.15, -0.1) is 23.5 Å². The van der Waals surface area contributed by atoms with Crippen LogP contribution >= 0.6 is 23.5 Å². The molecule has 1 aliphatic heterocycles. The second-order valence-corrected chi connectivity index (χ2v) is 9.60. The number of amides is 1. The van der Waals surface area contributed by atoms with Gasteiger partial charge in [0.15, 0.2) is 0 Å². The molecule has 5 heteroatoms. The lowest BCUT2D eigenvalue weighted by molar-refractivity contribution is -0.146. The van der Waals surface area contributed by atoms with Crippen LogP contribution in [-0.2, 0) is 11.3 Å². The Morgan fingerprint density at radius 3 is 1.93 bits per heavy atom. The Bertz CT molecular complexity index is 891. The van der Waals surface area contributed by atoms with Crippen LogP contribution < -0.4 is 4.74 Å². The molecule has 3 aromatic rings. The largest absolute Gasteiger partial charge is 0.497 e. The van der Waals surface area contributed by atoms with E-state index >= 15 is 0 Å². The fraction of sp³-hybridized carbons (Fsp3) is 0.208. The Balaban J connectivity index is 1.52. The van der Waals surface area contributed by atoms with Gasteiger partial charge in [-0.2, -0.15) is 0 Å². The first-order valence-corrected chi connectivity index (χ1v) is 11.3. The van der Waals surface area contributed by atoms with Crippen molar-refractivity contribution < 1.29 is 9.53 Å². The van der Waals surface area contributed by atoms with E-state index in [-0.39, 0.29) is 16.5 Å². The molecule has 0 aromatic heterocycles. The van der Waals surface area contributed by atoms with Gasteiger partial charge in [0.25, 0.3) is 0 Å². The van der Waals surface area contributed by atoms with Crippen molar-refractivity contribution in [2.24, 2.45) is 0 Å². The topological polar surface area (TPSA) is 29.5 Å². The summed E-state index contributed by atoms with van der Waals surface area (Å²) in [5.41, 5.74) is 1.12. The van der Waals surface area contributed by atoms with Crippen LogP contribution in [0, 0.1) is 0 Å². The van der Waals surface area contributed by atoms with E-state index in [2.05, 4.69) is 48.5 Å². The van der Waals surface area contributed by atoms with Crippen LogP contribution in [0.4, 0.5) is 0 Å². The molecule has 3 nitrogen and oxygen atoms in total. The molecule has 0 bridgehead atoms. The van der Waals surface area contributed by atoms with Crippen molar-refractivity contribution >= 4 is 29.4 Å². The number of ether oxygens (including phenoxy) is 1. The Hall–Kier alpha value is -2.37. The lowest BCUT2D eigenvalue weighted by Crippen LogP contribution is -2.55. The Morgan fingerprint density at radius 1 is 0.897 bits per heavy atom. The van der Waals surface area contributed by atoms with Gasteiger partial charge in [-0.3, -0.25) is 4.79 Å². The molecule has 0 spiro atoms. The van der Waals surface area contributed by atoms with Gasteiger partial charge in [0, 0.05) is 22.8 Å². The van der Waals surface area contributed by atoms with Crippen LogP contribution in [0.5, 0.6) is 5.75 Å². The van der Waals surface area contributed by atoms with Crippen molar-refractivity contribution in [2.75, 3.05) is 7.11 Å². The lowest BCUT2D eigenvalue weighted by atomic mass is 10.0. The highest BCUT2D eigenvalue weighted by atomic mass is 32.2. The highest BCUT2D eigenvalue weighted by molar-refractivity contribution is 8.17. The smallest absolute Gasteiger partial charge is 0.225 e. The van der Waals surface area contributed by atoms with E-state index in [0.29, 0.717) is 13.0 Å². The molecular formula is C24H23NO2S2. The van der Waals surface area contributed by atoms with Gasteiger partial charge >= 0.3 is 0 Å². The number of rotatable bonds is 8. The number of nitrogens with zero attached hydrogens (tertiary/aromatic N) is 1. The molecule has 3 aromatic carbocycles. The van der Waals surface area contributed by atoms with E-state index in [1.807, 2.05) is 64.8 Å². The van der Waals surface area contributed by atoms with Gasteiger partial charge in [-0.1, -0.05) is 48.5 Å². The Morgan fingerprint density at radius 2 is 1.45 bits per heavy atom. The number of β-lactam (4-membered cyclic amide) rings is 1. The maximum Gasteiger partial charge on any atom is 0.225 e. The number of thioether (sulfide) groups is 2. The van der Waals surface area contributed by atoms with Crippen molar-refractivity contribution in [3.63, 3.8) is 0 Å².